The van der Waals surface area contributed by atoms with Crippen LogP contribution in [-0.4, -0.2) is 9.13 Å². The van der Waals surface area contributed by atoms with Crippen molar-refractivity contribution in [2.24, 2.45) is 0 Å². The Bertz CT molecular complexity index is 4390. The van der Waals surface area contributed by atoms with E-state index in [0.717, 1.165) is 22.5 Å². The Hall–Kier alpha value is -10.0. The lowest BCUT2D eigenvalue weighted by Gasteiger charge is -2.12. The van der Waals surface area contributed by atoms with Crippen molar-refractivity contribution < 1.29 is 0 Å². The first-order valence-electron chi connectivity index (χ1n) is 30.1. The van der Waals surface area contributed by atoms with E-state index in [1.54, 1.807) is 12.2 Å². The summed E-state index contributed by atoms with van der Waals surface area (Å²) in [5.74, 6) is 0. The summed E-state index contributed by atoms with van der Waals surface area (Å²) in [5, 5.41) is 7.63. The number of fused-ring (bicyclic) bond motifs is 10. The van der Waals surface area contributed by atoms with Gasteiger partial charge in [0.05, 0.1) is 22.1 Å². The summed E-state index contributed by atoms with van der Waals surface area (Å²) in [5.41, 5.74) is 21.7. The van der Waals surface area contributed by atoms with Gasteiger partial charge < -0.3 is 9.13 Å². The standard InChI is InChI=1S/C65H44N2.C6H6.2C3H6.3C2H6/c1-3-5-16-42(4-2)45-19-13-20-46(37-45)44-29-33-50(34-30-44)66-62-36-32-49(40-59(62)65-56-27-15-26-55-52-23-9-10-24-53(52)58(64(55)56)41-63(65)66)48-31-35-61-57(39-48)54-25-11-12-28-60(54)67(61)51-22-14-21-47(38-51)43-17-7-6-8-18-43;1-2-4-6-5-3-1;2*1-3-2;3*1-2/h3-41H,2H2,1H3;1-6H;2*3H,1H2,2H3;3*1-2H3/b5-3-,42-16+;;;;;;. The van der Waals surface area contributed by atoms with Gasteiger partial charge in [-0.25, -0.2) is 0 Å². The zero-order valence-corrected chi connectivity index (χ0v) is 51.2. The van der Waals surface area contributed by atoms with Crippen LogP contribution in [0, 0.1) is 0 Å². The second-order valence-corrected chi connectivity index (χ2v) is 19.6. The summed E-state index contributed by atoms with van der Waals surface area (Å²) >= 11 is 0. The largest absolute Gasteiger partial charge is 0.309 e. The Morgan fingerprint density at radius 1 is 0.318 bits per heavy atom. The minimum atomic E-state index is 1.10. The summed E-state index contributed by atoms with van der Waals surface area (Å²) in [6, 6.07) is 90.5. The molecule has 2 heterocycles. The quantitative estimate of drug-likeness (QED) is 0.106. The summed E-state index contributed by atoms with van der Waals surface area (Å²) in [4.78, 5) is 0. The van der Waals surface area contributed by atoms with E-state index in [0.29, 0.717) is 0 Å². The molecule has 14 rings (SSSR count). The molecule has 2 heteroatoms. The maximum Gasteiger partial charge on any atom is 0.0553 e. The van der Waals surface area contributed by atoms with E-state index in [1.807, 2.05) is 111 Å². The van der Waals surface area contributed by atoms with Crippen LogP contribution in [0.2, 0.25) is 0 Å². The number of benzene rings is 11. The second kappa shape index (κ2) is 29.8. The van der Waals surface area contributed by atoms with Gasteiger partial charge in [-0.3, -0.25) is 0 Å². The highest BCUT2D eigenvalue weighted by atomic mass is 15.0. The van der Waals surface area contributed by atoms with Gasteiger partial charge in [0.2, 0.25) is 0 Å². The highest BCUT2D eigenvalue weighted by Crippen LogP contribution is 2.51. The molecule has 422 valence electrons. The third-order valence-corrected chi connectivity index (χ3v) is 14.6. The zero-order chi connectivity index (χ0) is 60.2. The molecule has 0 aliphatic heterocycles. The van der Waals surface area contributed by atoms with Gasteiger partial charge in [-0.05, 0) is 165 Å². The van der Waals surface area contributed by atoms with E-state index in [-0.39, 0.29) is 0 Å². The molecule has 2 nitrogen and oxygen atoms in total. The molecule has 0 unspecified atom stereocenters. The highest BCUT2D eigenvalue weighted by Gasteiger charge is 2.26. The van der Waals surface area contributed by atoms with Gasteiger partial charge >= 0.3 is 0 Å². The molecule has 0 amide bonds. The minimum absolute atomic E-state index is 1.10. The van der Waals surface area contributed by atoms with Gasteiger partial charge in [0, 0.05) is 32.9 Å². The normalized spacial score (nSPS) is 10.8. The molecule has 0 bridgehead atoms. The van der Waals surface area contributed by atoms with Crippen molar-refractivity contribution in [1.82, 2.24) is 9.13 Å². The van der Waals surface area contributed by atoms with Crippen molar-refractivity contribution >= 4 is 60.0 Å². The van der Waals surface area contributed by atoms with E-state index in [4.69, 9.17) is 0 Å². The van der Waals surface area contributed by atoms with E-state index in [9.17, 15) is 0 Å². The number of allylic oxidation sites excluding steroid dienone is 7. The Morgan fingerprint density at radius 3 is 1.40 bits per heavy atom. The molecule has 2 aromatic heterocycles. The molecule has 0 saturated carbocycles. The van der Waals surface area contributed by atoms with Crippen molar-refractivity contribution in [1.29, 1.82) is 0 Å². The van der Waals surface area contributed by atoms with E-state index >= 15 is 0 Å². The number of hydrogen-bond acceptors (Lipinski definition) is 0. The van der Waals surface area contributed by atoms with Crippen LogP contribution < -0.4 is 0 Å². The topological polar surface area (TPSA) is 9.86 Å². The Kier molecular flexibility index (Phi) is 21.4. The van der Waals surface area contributed by atoms with Crippen LogP contribution in [0.1, 0.15) is 67.9 Å². The monoisotopic (exact) mass is 1100 g/mol. The molecule has 11 aromatic carbocycles. The average molecular weight is 1110 g/mol. The van der Waals surface area contributed by atoms with Crippen LogP contribution in [0.5, 0.6) is 0 Å². The smallest absolute Gasteiger partial charge is 0.0553 e. The first-order chi connectivity index (χ1) is 42.0. The molecule has 0 radical (unpaired) electrons. The van der Waals surface area contributed by atoms with Crippen LogP contribution in [0.4, 0.5) is 0 Å². The lowest BCUT2D eigenvalue weighted by molar-refractivity contribution is 1.18. The van der Waals surface area contributed by atoms with E-state index < -0.39 is 0 Å². The minimum Gasteiger partial charge on any atom is -0.309 e. The molecule has 0 saturated heterocycles. The first kappa shape index (κ1) is 61.1. The lowest BCUT2D eigenvalue weighted by atomic mass is 9.96. The van der Waals surface area contributed by atoms with Crippen LogP contribution in [0.25, 0.3) is 127 Å². The third-order valence-electron chi connectivity index (χ3n) is 14.6. The second-order valence-electron chi connectivity index (χ2n) is 19.6. The summed E-state index contributed by atoms with van der Waals surface area (Å²) in [6.45, 7) is 28.6. The van der Waals surface area contributed by atoms with Crippen molar-refractivity contribution in [3.8, 4) is 67.0 Å². The Labute approximate surface area is 506 Å². The predicted octanol–water partition coefficient (Wildman–Crippen LogP) is 25.0. The molecule has 13 aromatic rings. The van der Waals surface area contributed by atoms with Crippen molar-refractivity contribution in [3.05, 3.63) is 310 Å². The number of para-hydroxylation sites is 1. The molecule has 0 fully saturated rings. The number of aromatic nitrogens is 2. The zero-order valence-electron chi connectivity index (χ0n) is 51.2. The molecule has 1 aliphatic rings. The lowest BCUT2D eigenvalue weighted by Crippen LogP contribution is -1.94. The third kappa shape index (κ3) is 12.7. The molecule has 1 aliphatic carbocycles. The molecule has 0 spiro atoms. The SMILES string of the molecule is C=C/C(=C\C=C/C)c1cccc(-c2ccc(-n3c4ccc(-c5ccc6c(c5)c5ccccc5n6-c5cccc(-c6ccccc6)c5)cc4c4c5cccc6c5c(cc43)-c3ccccc3-6)cc2)c1.C=CC.C=CC.CC.CC.CC.c1ccccc1. The Morgan fingerprint density at radius 2 is 0.765 bits per heavy atom. The molecule has 85 heavy (non-hydrogen) atoms. The predicted molar refractivity (Wildman–Crippen MR) is 379 cm³/mol. The van der Waals surface area contributed by atoms with Crippen LogP contribution in [0.15, 0.2) is 305 Å². The van der Waals surface area contributed by atoms with Crippen LogP contribution in [-0.2, 0) is 0 Å². The van der Waals surface area contributed by atoms with Crippen molar-refractivity contribution in [2.45, 2.75) is 62.3 Å². The average Bonchev–Trinajstić information content (AvgIpc) is 1.62. The summed E-state index contributed by atoms with van der Waals surface area (Å²) < 4.78 is 4.90. The van der Waals surface area contributed by atoms with Gasteiger partial charge in [-0.15, -0.1) is 13.2 Å². The number of rotatable bonds is 8. The van der Waals surface area contributed by atoms with E-state index in [2.05, 4.69) is 253 Å². The summed E-state index contributed by atoms with van der Waals surface area (Å²) in [6.07, 6.45) is 11.6. The summed E-state index contributed by atoms with van der Waals surface area (Å²) in [7, 11) is 0. The first-order valence-corrected chi connectivity index (χ1v) is 30.1. The fourth-order valence-electron chi connectivity index (χ4n) is 11.3. The van der Waals surface area contributed by atoms with Gasteiger partial charge in [-0.1, -0.05) is 267 Å². The van der Waals surface area contributed by atoms with Gasteiger partial charge in [0.1, 0.15) is 0 Å². The Balaban J connectivity index is 0.000000465. The molecule has 0 atom stereocenters. The molecular weight excluding hydrogens is 1020 g/mol. The number of nitrogens with zero attached hydrogens (tertiary/aromatic N) is 2. The van der Waals surface area contributed by atoms with E-state index in [1.165, 1.54) is 110 Å². The number of hydrogen-bond donors (Lipinski definition) is 0. The maximum absolute atomic E-state index is 4.09. The fraction of sp³-hybridized carbons (Fsp3) is 0.108. The van der Waals surface area contributed by atoms with Crippen molar-refractivity contribution in [3.63, 3.8) is 0 Å². The van der Waals surface area contributed by atoms with Gasteiger partial charge in [-0.2, -0.15) is 0 Å². The van der Waals surface area contributed by atoms with Crippen LogP contribution >= 0.6 is 0 Å². The van der Waals surface area contributed by atoms with Crippen LogP contribution in [0.3, 0.4) is 0 Å². The molecule has 0 N–H and O–H groups in total. The maximum atomic E-state index is 4.09. The van der Waals surface area contributed by atoms with Gasteiger partial charge in [0.15, 0.2) is 0 Å². The highest BCUT2D eigenvalue weighted by molar-refractivity contribution is 6.29. The van der Waals surface area contributed by atoms with Crippen molar-refractivity contribution in [2.75, 3.05) is 0 Å². The van der Waals surface area contributed by atoms with Gasteiger partial charge in [0.25, 0.3) is 0 Å². The molecular formula is C83H80N2. The fourth-order valence-corrected chi connectivity index (χ4v) is 11.3.